The van der Waals surface area contributed by atoms with Crippen molar-refractivity contribution in [3.8, 4) is 5.75 Å². The monoisotopic (exact) mass is 409 g/mol. The summed E-state index contributed by atoms with van der Waals surface area (Å²) in [7, 11) is 5.68. The van der Waals surface area contributed by atoms with Gasteiger partial charge in [0.15, 0.2) is 0 Å². The Labute approximate surface area is 177 Å². The third kappa shape index (κ3) is 4.24. The molecule has 2 N–H and O–H groups in total. The molecule has 0 aliphatic carbocycles. The molecule has 30 heavy (non-hydrogen) atoms. The standard InChI is InChI=1S/C24H28N2O4/c1-16-15-18(30-4)11-12-19(16)22(27)20-21(17-9-6-5-7-10-17)26(24(29)23(20)28)14-8-13-25(2)3/h5-7,9-12,15,21,27H,8,13-14H2,1-4H3/p+1. The van der Waals surface area contributed by atoms with E-state index in [-0.39, 0.29) is 11.3 Å². The van der Waals surface area contributed by atoms with Gasteiger partial charge in [-0.3, -0.25) is 9.59 Å². The maximum atomic E-state index is 13.0. The Morgan fingerprint density at radius 1 is 1.13 bits per heavy atom. The Hall–Kier alpha value is -3.12. The lowest BCUT2D eigenvalue weighted by atomic mass is 9.94. The van der Waals surface area contributed by atoms with Crippen LogP contribution >= 0.6 is 0 Å². The van der Waals surface area contributed by atoms with Crippen LogP contribution in [0.15, 0.2) is 54.1 Å². The van der Waals surface area contributed by atoms with Gasteiger partial charge in [0.25, 0.3) is 11.7 Å². The van der Waals surface area contributed by atoms with E-state index in [1.54, 1.807) is 30.2 Å². The minimum atomic E-state index is -0.645. The molecule has 1 amide bonds. The summed E-state index contributed by atoms with van der Waals surface area (Å²) in [4.78, 5) is 28.8. The molecule has 1 unspecified atom stereocenters. The normalized spacial score (nSPS) is 18.3. The second kappa shape index (κ2) is 9.13. The number of aliphatic hydroxyl groups excluding tert-OH is 1. The molecule has 0 aromatic heterocycles. The van der Waals surface area contributed by atoms with Crippen molar-refractivity contribution in [3.63, 3.8) is 0 Å². The molecule has 158 valence electrons. The van der Waals surface area contributed by atoms with E-state index in [1.165, 1.54) is 4.90 Å². The molecule has 1 aliphatic heterocycles. The number of amides is 1. The number of quaternary nitrogens is 1. The number of methoxy groups -OCH3 is 1. The zero-order valence-electron chi connectivity index (χ0n) is 17.9. The average molecular weight is 410 g/mol. The maximum absolute atomic E-state index is 13.0. The van der Waals surface area contributed by atoms with Crippen molar-refractivity contribution < 1.29 is 24.3 Å². The summed E-state index contributed by atoms with van der Waals surface area (Å²) in [6.45, 7) is 3.17. The highest BCUT2D eigenvalue weighted by atomic mass is 16.5. The van der Waals surface area contributed by atoms with Gasteiger partial charge in [0.05, 0.1) is 39.4 Å². The highest BCUT2D eigenvalue weighted by Gasteiger charge is 2.45. The number of hydrogen-bond acceptors (Lipinski definition) is 4. The average Bonchev–Trinajstić information content (AvgIpc) is 2.98. The third-order valence-electron chi connectivity index (χ3n) is 5.42. The highest BCUT2D eigenvalue weighted by molar-refractivity contribution is 6.46. The lowest BCUT2D eigenvalue weighted by Crippen LogP contribution is -3.05. The molecule has 6 nitrogen and oxygen atoms in total. The van der Waals surface area contributed by atoms with Crippen molar-refractivity contribution in [2.45, 2.75) is 19.4 Å². The largest absolute Gasteiger partial charge is 0.507 e. The van der Waals surface area contributed by atoms with Crippen molar-refractivity contribution in [3.05, 3.63) is 70.8 Å². The molecule has 1 aliphatic rings. The molecule has 0 bridgehead atoms. The van der Waals surface area contributed by atoms with Crippen LogP contribution in [0.2, 0.25) is 0 Å². The van der Waals surface area contributed by atoms with Gasteiger partial charge < -0.3 is 19.6 Å². The van der Waals surface area contributed by atoms with E-state index in [4.69, 9.17) is 4.74 Å². The van der Waals surface area contributed by atoms with E-state index in [0.717, 1.165) is 24.1 Å². The highest BCUT2D eigenvalue weighted by Crippen LogP contribution is 2.40. The van der Waals surface area contributed by atoms with E-state index in [0.29, 0.717) is 17.9 Å². The lowest BCUT2D eigenvalue weighted by Gasteiger charge is -2.25. The Morgan fingerprint density at radius 2 is 1.83 bits per heavy atom. The first-order valence-electron chi connectivity index (χ1n) is 10.1. The number of nitrogens with one attached hydrogen (secondary N) is 1. The minimum Gasteiger partial charge on any atom is -0.507 e. The second-order valence-corrected chi connectivity index (χ2v) is 7.89. The Balaban J connectivity index is 2.09. The molecule has 1 atom stereocenters. The molecule has 0 saturated carbocycles. The molecule has 1 saturated heterocycles. The molecule has 2 aromatic carbocycles. The number of carbonyl (C=O) groups is 2. The first-order chi connectivity index (χ1) is 14.3. The predicted molar refractivity (Wildman–Crippen MR) is 115 cm³/mol. The van der Waals surface area contributed by atoms with Crippen molar-refractivity contribution in [2.75, 3.05) is 34.3 Å². The number of ketones is 1. The van der Waals surface area contributed by atoms with Gasteiger partial charge in [-0.1, -0.05) is 30.3 Å². The molecule has 2 aromatic rings. The summed E-state index contributed by atoms with van der Waals surface area (Å²) in [5, 5.41) is 11.2. The molecular weight excluding hydrogens is 380 g/mol. The number of benzene rings is 2. The molecule has 0 radical (unpaired) electrons. The van der Waals surface area contributed by atoms with Crippen LogP contribution in [0.1, 0.15) is 29.2 Å². The van der Waals surface area contributed by atoms with Crippen molar-refractivity contribution in [2.24, 2.45) is 0 Å². The fourth-order valence-corrected chi connectivity index (χ4v) is 3.87. The number of hydrogen-bond donors (Lipinski definition) is 2. The smallest absolute Gasteiger partial charge is 0.295 e. The first kappa shape index (κ1) is 21.6. The predicted octanol–water partition coefficient (Wildman–Crippen LogP) is 1.96. The van der Waals surface area contributed by atoms with E-state index >= 15 is 0 Å². The van der Waals surface area contributed by atoms with E-state index in [9.17, 15) is 14.7 Å². The van der Waals surface area contributed by atoms with Gasteiger partial charge in [-0.05, 0) is 36.2 Å². The van der Waals surface area contributed by atoms with Gasteiger partial charge in [0.1, 0.15) is 11.5 Å². The number of rotatable bonds is 7. The molecular formula is C24H29N2O4+. The van der Waals surface area contributed by atoms with Crippen LogP contribution in [0.4, 0.5) is 0 Å². The SMILES string of the molecule is COc1ccc(C(O)=C2C(=O)C(=O)N(CCC[NH+](C)C)C2c2ccccc2)c(C)c1. The number of aliphatic hydroxyl groups is 1. The third-order valence-corrected chi connectivity index (χ3v) is 5.42. The summed E-state index contributed by atoms with van der Waals surface area (Å²) in [5.41, 5.74) is 2.23. The van der Waals surface area contributed by atoms with E-state index in [2.05, 4.69) is 14.1 Å². The van der Waals surface area contributed by atoms with Crippen LogP contribution in [-0.2, 0) is 9.59 Å². The van der Waals surface area contributed by atoms with Gasteiger partial charge in [-0.25, -0.2) is 0 Å². The minimum absolute atomic E-state index is 0.136. The Morgan fingerprint density at radius 3 is 2.43 bits per heavy atom. The van der Waals surface area contributed by atoms with Gasteiger partial charge in [0.2, 0.25) is 0 Å². The zero-order chi connectivity index (χ0) is 21.8. The first-order valence-corrected chi connectivity index (χ1v) is 10.1. The van der Waals surface area contributed by atoms with Gasteiger partial charge >= 0.3 is 0 Å². The summed E-state index contributed by atoms with van der Waals surface area (Å²) in [5.74, 6) is -0.697. The maximum Gasteiger partial charge on any atom is 0.295 e. The van der Waals surface area contributed by atoms with Gasteiger partial charge in [-0.2, -0.15) is 0 Å². The number of carbonyl (C=O) groups excluding carboxylic acids is 2. The second-order valence-electron chi connectivity index (χ2n) is 7.89. The number of ether oxygens (including phenoxy) is 1. The van der Waals surface area contributed by atoms with E-state index < -0.39 is 17.7 Å². The number of Topliss-reactive ketones (excluding diaryl/α,β-unsaturated/α-hetero) is 1. The summed E-state index contributed by atoms with van der Waals surface area (Å²) in [6.07, 6.45) is 0.764. The molecule has 0 spiro atoms. The van der Waals surface area contributed by atoms with Gasteiger partial charge in [-0.15, -0.1) is 0 Å². The van der Waals surface area contributed by atoms with Crippen molar-refractivity contribution in [1.29, 1.82) is 0 Å². The molecule has 6 heteroatoms. The quantitative estimate of drug-likeness (QED) is 0.417. The number of aryl methyl sites for hydroxylation is 1. The fourth-order valence-electron chi connectivity index (χ4n) is 3.87. The van der Waals surface area contributed by atoms with Gasteiger partial charge in [0, 0.05) is 18.5 Å². The zero-order valence-corrected chi connectivity index (χ0v) is 17.9. The van der Waals surface area contributed by atoms with Crippen LogP contribution in [-0.4, -0.2) is 56.0 Å². The lowest BCUT2D eigenvalue weighted by molar-refractivity contribution is -0.858. The summed E-state index contributed by atoms with van der Waals surface area (Å²) < 4.78 is 5.24. The number of nitrogens with zero attached hydrogens (tertiary/aromatic N) is 1. The van der Waals surface area contributed by atoms with Crippen LogP contribution in [0.25, 0.3) is 5.76 Å². The van der Waals surface area contributed by atoms with Crippen molar-refractivity contribution in [1.82, 2.24) is 4.90 Å². The molecule has 3 rings (SSSR count). The molecule has 1 heterocycles. The van der Waals surface area contributed by atoms with Crippen LogP contribution in [0, 0.1) is 6.92 Å². The fraction of sp³-hybridized carbons (Fsp3) is 0.333. The van der Waals surface area contributed by atoms with Crippen LogP contribution in [0.5, 0.6) is 5.75 Å². The van der Waals surface area contributed by atoms with Crippen molar-refractivity contribution >= 4 is 17.4 Å². The Bertz CT molecular complexity index is 966. The van der Waals surface area contributed by atoms with Crippen LogP contribution in [0.3, 0.4) is 0 Å². The Kier molecular flexibility index (Phi) is 6.57. The van der Waals surface area contributed by atoms with E-state index in [1.807, 2.05) is 37.3 Å². The molecule has 1 fully saturated rings. The van der Waals surface area contributed by atoms with Crippen LogP contribution < -0.4 is 9.64 Å². The number of likely N-dealkylation sites (tertiary alicyclic amines) is 1. The summed E-state index contributed by atoms with van der Waals surface area (Å²) >= 11 is 0. The summed E-state index contributed by atoms with van der Waals surface area (Å²) in [6, 6.07) is 14.0. The topological polar surface area (TPSA) is 71.3 Å².